The molecule has 2 N–H and O–H groups in total. The first-order valence-corrected chi connectivity index (χ1v) is 11.6. The summed E-state index contributed by atoms with van der Waals surface area (Å²) in [6.07, 6.45) is 1.72. The molecule has 3 aromatic rings. The van der Waals surface area contributed by atoms with Crippen LogP contribution >= 0.6 is 23.4 Å². The highest BCUT2D eigenvalue weighted by molar-refractivity contribution is 7.99. The first-order chi connectivity index (χ1) is 16.0. The Balaban J connectivity index is 1.57. The van der Waals surface area contributed by atoms with Gasteiger partial charge in [0.15, 0.2) is 5.16 Å². The molecule has 0 unspecified atom stereocenters. The number of nitrogens with zero attached hydrogens (tertiary/aromatic N) is 3. The zero-order chi connectivity index (χ0) is 23.6. The number of hydrogen-bond donors (Lipinski definition) is 2. The molecule has 0 saturated carbocycles. The predicted molar refractivity (Wildman–Crippen MR) is 131 cm³/mol. The fourth-order valence-corrected chi connectivity index (χ4v) is 3.77. The number of halogens is 1. The topological polar surface area (TPSA) is 98.1 Å². The number of hydrogen-bond acceptors (Lipinski definition) is 6. The molecule has 0 aliphatic rings. The molecular weight excluding hydrogens is 462 g/mol. The normalized spacial score (nSPS) is 10.5. The molecule has 3 rings (SSSR count). The highest BCUT2D eigenvalue weighted by Crippen LogP contribution is 2.20. The van der Waals surface area contributed by atoms with E-state index < -0.39 is 0 Å². The standard InChI is InChI=1S/C23H24ClN5O3S/c1-3-13-29-20(14-21(30)25-17-7-5-16(24)6-8-17)27-28-23(29)33-15-22(31)26-18-9-11-19(12-10-18)32-4-2/h3,5-12H,1,4,13-15H2,2H3,(H,25,30)(H,26,31). The van der Waals surface area contributed by atoms with Crippen molar-refractivity contribution in [3.8, 4) is 5.75 Å². The second-order valence-corrected chi connectivity index (χ2v) is 8.20. The molecule has 0 spiro atoms. The molecule has 0 atom stereocenters. The Morgan fingerprint density at radius 3 is 2.33 bits per heavy atom. The summed E-state index contributed by atoms with van der Waals surface area (Å²) in [7, 11) is 0. The summed E-state index contributed by atoms with van der Waals surface area (Å²) in [5, 5.41) is 15.0. The number of amides is 2. The number of ether oxygens (including phenoxy) is 1. The summed E-state index contributed by atoms with van der Waals surface area (Å²) >= 11 is 7.11. The van der Waals surface area contributed by atoms with Crippen molar-refractivity contribution in [2.75, 3.05) is 23.0 Å². The van der Waals surface area contributed by atoms with Gasteiger partial charge in [0.05, 0.1) is 18.8 Å². The van der Waals surface area contributed by atoms with E-state index in [0.717, 1.165) is 5.75 Å². The molecule has 172 valence electrons. The van der Waals surface area contributed by atoms with Crippen LogP contribution in [0.1, 0.15) is 12.7 Å². The molecule has 0 bridgehead atoms. The number of carbonyl (C=O) groups is 2. The number of thioether (sulfide) groups is 1. The molecule has 0 fully saturated rings. The van der Waals surface area contributed by atoms with Crippen LogP contribution in [0.2, 0.25) is 5.02 Å². The quantitative estimate of drug-likeness (QED) is 0.308. The molecule has 10 heteroatoms. The van der Waals surface area contributed by atoms with Gasteiger partial charge in [0.2, 0.25) is 11.8 Å². The van der Waals surface area contributed by atoms with Gasteiger partial charge in [-0.3, -0.25) is 9.59 Å². The van der Waals surface area contributed by atoms with Crippen molar-refractivity contribution >= 4 is 46.6 Å². The van der Waals surface area contributed by atoms with E-state index in [1.807, 2.05) is 6.92 Å². The predicted octanol–water partition coefficient (Wildman–Crippen LogP) is 4.43. The van der Waals surface area contributed by atoms with Gasteiger partial charge in [0.1, 0.15) is 11.6 Å². The van der Waals surface area contributed by atoms with E-state index in [1.165, 1.54) is 11.8 Å². The highest BCUT2D eigenvalue weighted by Gasteiger charge is 2.16. The minimum absolute atomic E-state index is 0.0302. The Hall–Kier alpha value is -3.30. The average Bonchev–Trinajstić information content (AvgIpc) is 3.17. The number of benzene rings is 2. The summed E-state index contributed by atoms with van der Waals surface area (Å²) in [6, 6.07) is 14.0. The second kappa shape index (κ2) is 12.1. The Kier molecular flexibility index (Phi) is 8.91. The molecule has 1 heterocycles. The van der Waals surface area contributed by atoms with Crippen LogP contribution in [0.5, 0.6) is 5.75 Å². The maximum atomic E-state index is 12.4. The minimum atomic E-state index is -0.236. The van der Waals surface area contributed by atoms with Crippen LogP contribution in [-0.2, 0) is 22.6 Å². The van der Waals surface area contributed by atoms with Crippen LogP contribution in [0.25, 0.3) is 0 Å². The summed E-state index contributed by atoms with van der Waals surface area (Å²) in [5.41, 5.74) is 1.32. The summed E-state index contributed by atoms with van der Waals surface area (Å²) < 4.78 is 7.17. The lowest BCUT2D eigenvalue weighted by atomic mass is 10.3. The van der Waals surface area contributed by atoms with Crippen LogP contribution in [0.15, 0.2) is 66.3 Å². The molecule has 0 saturated heterocycles. The van der Waals surface area contributed by atoms with Crippen LogP contribution in [-0.4, -0.2) is 38.9 Å². The maximum absolute atomic E-state index is 12.4. The first kappa shape index (κ1) is 24.3. The van der Waals surface area contributed by atoms with Crippen molar-refractivity contribution in [3.05, 3.63) is 72.0 Å². The van der Waals surface area contributed by atoms with Gasteiger partial charge >= 0.3 is 0 Å². The number of aromatic nitrogens is 3. The van der Waals surface area contributed by atoms with E-state index in [-0.39, 0.29) is 24.0 Å². The number of anilines is 2. The third-order valence-corrected chi connectivity index (χ3v) is 5.55. The maximum Gasteiger partial charge on any atom is 0.234 e. The fourth-order valence-electron chi connectivity index (χ4n) is 2.88. The van der Waals surface area contributed by atoms with Gasteiger partial charge in [-0.2, -0.15) is 0 Å². The van der Waals surface area contributed by atoms with Gasteiger partial charge in [-0.15, -0.1) is 16.8 Å². The van der Waals surface area contributed by atoms with E-state index in [0.29, 0.717) is 40.5 Å². The van der Waals surface area contributed by atoms with Crippen molar-refractivity contribution in [2.45, 2.75) is 25.0 Å². The molecule has 1 aromatic heterocycles. The third kappa shape index (κ3) is 7.37. The molecule has 0 radical (unpaired) electrons. The van der Waals surface area contributed by atoms with Crippen molar-refractivity contribution in [2.24, 2.45) is 0 Å². The minimum Gasteiger partial charge on any atom is -0.494 e. The Labute approximate surface area is 201 Å². The monoisotopic (exact) mass is 485 g/mol. The Bertz CT molecular complexity index is 1100. The molecule has 8 nitrogen and oxygen atoms in total. The summed E-state index contributed by atoms with van der Waals surface area (Å²) in [6.45, 7) is 6.67. The number of carbonyl (C=O) groups excluding carboxylic acids is 2. The SMILES string of the molecule is C=CCn1c(CC(=O)Nc2ccc(Cl)cc2)nnc1SCC(=O)Nc1ccc(OCC)cc1. The van der Waals surface area contributed by atoms with Gasteiger partial charge in [0.25, 0.3) is 0 Å². The van der Waals surface area contributed by atoms with Gasteiger partial charge in [-0.05, 0) is 55.5 Å². The average molecular weight is 486 g/mol. The fraction of sp³-hybridized carbons (Fsp3) is 0.217. The lowest BCUT2D eigenvalue weighted by Gasteiger charge is -2.09. The molecular formula is C23H24ClN5O3S. The van der Waals surface area contributed by atoms with Crippen molar-refractivity contribution in [1.82, 2.24) is 14.8 Å². The zero-order valence-electron chi connectivity index (χ0n) is 18.1. The van der Waals surface area contributed by atoms with Gasteiger partial charge in [-0.1, -0.05) is 29.4 Å². The summed E-state index contributed by atoms with van der Waals surface area (Å²) in [5.74, 6) is 0.949. The molecule has 0 aliphatic carbocycles. The smallest absolute Gasteiger partial charge is 0.234 e. The van der Waals surface area contributed by atoms with E-state index in [2.05, 4.69) is 27.4 Å². The molecule has 0 aliphatic heterocycles. The van der Waals surface area contributed by atoms with E-state index in [9.17, 15) is 9.59 Å². The van der Waals surface area contributed by atoms with E-state index in [4.69, 9.17) is 16.3 Å². The van der Waals surface area contributed by atoms with E-state index >= 15 is 0 Å². The number of rotatable bonds is 11. The highest BCUT2D eigenvalue weighted by atomic mass is 35.5. The van der Waals surface area contributed by atoms with Crippen LogP contribution < -0.4 is 15.4 Å². The molecule has 2 amide bonds. The lowest BCUT2D eigenvalue weighted by molar-refractivity contribution is -0.116. The van der Waals surface area contributed by atoms with Crippen molar-refractivity contribution < 1.29 is 14.3 Å². The second-order valence-electron chi connectivity index (χ2n) is 6.82. The van der Waals surface area contributed by atoms with Gasteiger partial charge in [0, 0.05) is 22.9 Å². The van der Waals surface area contributed by atoms with E-state index in [1.54, 1.807) is 59.2 Å². The van der Waals surface area contributed by atoms with Crippen LogP contribution in [0, 0.1) is 0 Å². The van der Waals surface area contributed by atoms with Gasteiger partial charge < -0.3 is 19.9 Å². The van der Waals surface area contributed by atoms with Crippen molar-refractivity contribution in [3.63, 3.8) is 0 Å². The third-order valence-electron chi connectivity index (χ3n) is 4.33. The first-order valence-electron chi connectivity index (χ1n) is 10.2. The molecule has 33 heavy (non-hydrogen) atoms. The lowest BCUT2D eigenvalue weighted by Crippen LogP contribution is -2.18. The van der Waals surface area contributed by atoms with Crippen molar-refractivity contribution in [1.29, 1.82) is 0 Å². The van der Waals surface area contributed by atoms with Crippen LogP contribution in [0.3, 0.4) is 0 Å². The Morgan fingerprint density at radius 1 is 1.06 bits per heavy atom. The number of allylic oxidation sites excluding steroid dienone is 1. The van der Waals surface area contributed by atoms with Crippen LogP contribution in [0.4, 0.5) is 11.4 Å². The zero-order valence-corrected chi connectivity index (χ0v) is 19.7. The summed E-state index contributed by atoms with van der Waals surface area (Å²) in [4.78, 5) is 24.8. The van der Waals surface area contributed by atoms with Gasteiger partial charge in [-0.25, -0.2) is 0 Å². The molecule has 2 aromatic carbocycles. The number of nitrogens with one attached hydrogen (secondary N) is 2. The Morgan fingerprint density at radius 2 is 1.70 bits per heavy atom. The largest absolute Gasteiger partial charge is 0.494 e.